The Morgan fingerprint density at radius 2 is 2.11 bits per heavy atom. The quantitative estimate of drug-likeness (QED) is 0.937. The highest BCUT2D eigenvalue weighted by molar-refractivity contribution is 6.32. The van der Waals surface area contributed by atoms with Gasteiger partial charge in [0.2, 0.25) is 5.28 Å². The Morgan fingerprint density at radius 1 is 1.32 bits per heavy atom. The average molecular weight is 296 g/mol. The van der Waals surface area contributed by atoms with Gasteiger partial charge in [-0.1, -0.05) is 17.7 Å². The molecule has 1 aromatic heterocycles. The van der Waals surface area contributed by atoms with E-state index in [1.54, 1.807) is 18.2 Å². The summed E-state index contributed by atoms with van der Waals surface area (Å²) in [5.74, 6) is 0.674. The van der Waals surface area contributed by atoms with Gasteiger partial charge in [-0.05, 0) is 23.7 Å². The van der Waals surface area contributed by atoms with Crippen LogP contribution in [0.3, 0.4) is 0 Å². The molecule has 0 fully saturated rings. The lowest BCUT2D eigenvalue weighted by molar-refractivity contribution is 0.416. The van der Waals surface area contributed by atoms with Gasteiger partial charge in [-0.2, -0.15) is 10.2 Å². The predicted molar refractivity (Wildman–Crippen MR) is 70.8 cm³/mol. The predicted octanol–water partition coefficient (Wildman–Crippen LogP) is 2.80. The van der Waals surface area contributed by atoms with Crippen molar-refractivity contribution in [3.05, 3.63) is 34.2 Å². The van der Waals surface area contributed by atoms with E-state index in [1.807, 2.05) is 6.07 Å². The number of nitriles is 1. The number of rotatable bonds is 3. The first-order valence-corrected chi connectivity index (χ1v) is 5.81. The number of nitrogens with one attached hydrogen (secondary N) is 1. The summed E-state index contributed by atoms with van der Waals surface area (Å²) >= 11 is 11.5. The summed E-state index contributed by atoms with van der Waals surface area (Å²) in [6.45, 7) is 0. The summed E-state index contributed by atoms with van der Waals surface area (Å²) in [6.07, 6.45) is 0. The number of hydrogen-bond acceptors (Lipinski definition) is 6. The van der Waals surface area contributed by atoms with Crippen LogP contribution in [0.2, 0.25) is 10.4 Å². The number of ether oxygens (including phenoxy) is 1. The Morgan fingerprint density at radius 3 is 2.79 bits per heavy atom. The maximum absolute atomic E-state index is 9.09. The van der Waals surface area contributed by atoms with E-state index in [9.17, 15) is 0 Å². The molecule has 1 heterocycles. The van der Waals surface area contributed by atoms with E-state index < -0.39 is 0 Å². The van der Waals surface area contributed by atoms with E-state index >= 15 is 0 Å². The van der Waals surface area contributed by atoms with Gasteiger partial charge >= 0.3 is 0 Å². The summed E-state index contributed by atoms with van der Waals surface area (Å²) in [6, 6.07) is 7.08. The molecule has 0 amide bonds. The van der Waals surface area contributed by atoms with Crippen molar-refractivity contribution in [2.45, 2.75) is 0 Å². The normalized spacial score (nSPS) is 9.79. The maximum Gasteiger partial charge on any atom is 0.245 e. The zero-order chi connectivity index (χ0) is 13.8. The Labute approximate surface area is 119 Å². The van der Waals surface area contributed by atoms with E-state index in [0.717, 1.165) is 0 Å². The average Bonchev–Trinajstić information content (AvgIpc) is 2.43. The molecule has 6 nitrogen and oxygen atoms in total. The molecule has 96 valence electrons. The monoisotopic (exact) mass is 295 g/mol. The summed E-state index contributed by atoms with van der Waals surface area (Å²) in [5, 5.41) is 19.1. The number of para-hydroxylation sites is 1. The number of benzene rings is 1. The molecule has 1 N–H and O–H groups in total. The number of aromatic nitrogens is 3. The lowest BCUT2D eigenvalue weighted by Crippen LogP contribution is -2.02. The first kappa shape index (κ1) is 13.3. The zero-order valence-electron chi connectivity index (χ0n) is 9.69. The van der Waals surface area contributed by atoms with Crippen LogP contribution in [0, 0.1) is 11.3 Å². The molecule has 2 rings (SSSR count). The number of methoxy groups -OCH3 is 1. The lowest BCUT2D eigenvalue weighted by atomic mass is 10.2. The standard InChI is InChI=1S/C11H7Cl2N5O/c1-19-7-4-2-3-6(5-14)8(7)15-10-9(12)17-18-11(13)16-10/h2-4H,1H3,(H,15,16,18). The van der Waals surface area contributed by atoms with Crippen molar-refractivity contribution in [2.24, 2.45) is 0 Å². The van der Waals surface area contributed by atoms with Gasteiger partial charge in [-0.15, -0.1) is 10.2 Å². The largest absolute Gasteiger partial charge is 0.495 e. The number of anilines is 2. The van der Waals surface area contributed by atoms with Crippen molar-refractivity contribution >= 4 is 34.7 Å². The molecule has 1 aromatic carbocycles. The van der Waals surface area contributed by atoms with E-state index in [2.05, 4.69) is 20.5 Å². The van der Waals surface area contributed by atoms with Crippen LogP contribution in [-0.2, 0) is 0 Å². The highest BCUT2D eigenvalue weighted by Gasteiger charge is 2.13. The molecule has 0 atom stereocenters. The van der Waals surface area contributed by atoms with Crippen molar-refractivity contribution in [3.8, 4) is 11.8 Å². The van der Waals surface area contributed by atoms with Gasteiger partial charge in [-0.3, -0.25) is 0 Å². The SMILES string of the molecule is COc1cccc(C#N)c1Nc1nc(Cl)nnc1Cl. The van der Waals surface area contributed by atoms with E-state index in [-0.39, 0.29) is 16.3 Å². The fourth-order valence-electron chi connectivity index (χ4n) is 1.41. The Balaban J connectivity index is 2.48. The van der Waals surface area contributed by atoms with E-state index in [1.165, 1.54) is 7.11 Å². The first-order chi connectivity index (χ1) is 9.15. The van der Waals surface area contributed by atoms with Crippen LogP contribution >= 0.6 is 23.2 Å². The molecule has 0 unspecified atom stereocenters. The topological polar surface area (TPSA) is 83.7 Å². The Kier molecular flexibility index (Phi) is 4.00. The Hall–Kier alpha value is -2.10. The smallest absolute Gasteiger partial charge is 0.245 e. The van der Waals surface area contributed by atoms with Crippen LogP contribution in [0.15, 0.2) is 18.2 Å². The minimum absolute atomic E-state index is 0.0409. The molecule has 0 saturated heterocycles. The molecular formula is C11H7Cl2N5O. The van der Waals surface area contributed by atoms with Crippen LogP contribution in [0.1, 0.15) is 5.56 Å². The van der Waals surface area contributed by atoms with Crippen LogP contribution < -0.4 is 10.1 Å². The number of halogens is 2. The molecule has 0 aliphatic carbocycles. The molecule has 0 bridgehead atoms. The number of hydrogen-bond donors (Lipinski definition) is 1. The molecule has 0 radical (unpaired) electrons. The lowest BCUT2D eigenvalue weighted by Gasteiger charge is -2.12. The minimum Gasteiger partial charge on any atom is -0.495 e. The van der Waals surface area contributed by atoms with Crippen molar-refractivity contribution in [3.63, 3.8) is 0 Å². The zero-order valence-corrected chi connectivity index (χ0v) is 11.2. The summed E-state index contributed by atoms with van der Waals surface area (Å²) in [4.78, 5) is 3.90. The number of nitrogens with zero attached hydrogens (tertiary/aromatic N) is 4. The molecule has 0 spiro atoms. The summed E-state index contributed by atoms with van der Waals surface area (Å²) in [7, 11) is 1.49. The van der Waals surface area contributed by atoms with Gasteiger partial charge in [0, 0.05) is 0 Å². The highest BCUT2D eigenvalue weighted by Crippen LogP contribution is 2.32. The van der Waals surface area contributed by atoms with Crippen LogP contribution in [0.4, 0.5) is 11.5 Å². The molecule has 0 saturated carbocycles. The van der Waals surface area contributed by atoms with Crippen LogP contribution in [0.25, 0.3) is 0 Å². The summed E-state index contributed by atoms with van der Waals surface area (Å²) < 4.78 is 5.18. The Bertz CT molecular complexity index is 656. The van der Waals surface area contributed by atoms with Gasteiger partial charge in [0.1, 0.15) is 17.5 Å². The van der Waals surface area contributed by atoms with E-state index in [4.69, 9.17) is 33.2 Å². The van der Waals surface area contributed by atoms with Crippen molar-refractivity contribution < 1.29 is 4.74 Å². The van der Waals surface area contributed by atoms with Crippen LogP contribution in [-0.4, -0.2) is 22.3 Å². The van der Waals surface area contributed by atoms with Crippen molar-refractivity contribution in [2.75, 3.05) is 12.4 Å². The third-order valence-electron chi connectivity index (χ3n) is 2.23. The first-order valence-electron chi connectivity index (χ1n) is 5.05. The van der Waals surface area contributed by atoms with E-state index in [0.29, 0.717) is 17.0 Å². The fourth-order valence-corrected chi connectivity index (χ4v) is 1.66. The van der Waals surface area contributed by atoms with Crippen molar-refractivity contribution in [1.82, 2.24) is 15.2 Å². The molecule has 8 heteroatoms. The third-order valence-corrected chi connectivity index (χ3v) is 2.64. The van der Waals surface area contributed by atoms with Gasteiger partial charge in [0.05, 0.1) is 12.7 Å². The van der Waals surface area contributed by atoms with Gasteiger partial charge in [0.15, 0.2) is 11.0 Å². The van der Waals surface area contributed by atoms with Gasteiger partial charge in [0.25, 0.3) is 0 Å². The second-order valence-electron chi connectivity index (χ2n) is 3.34. The second kappa shape index (κ2) is 5.69. The molecule has 0 aliphatic rings. The summed E-state index contributed by atoms with van der Waals surface area (Å²) in [5.41, 5.74) is 0.816. The van der Waals surface area contributed by atoms with Gasteiger partial charge in [-0.25, -0.2) is 0 Å². The second-order valence-corrected chi connectivity index (χ2v) is 4.04. The molecule has 0 aliphatic heterocycles. The molecular weight excluding hydrogens is 289 g/mol. The van der Waals surface area contributed by atoms with Crippen molar-refractivity contribution in [1.29, 1.82) is 5.26 Å². The highest BCUT2D eigenvalue weighted by atomic mass is 35.5. The fraction of sp³-hybridized carbons (Fsp3) is 0.0909. The molecule has 2 aromatic rings. The molecule has 19 heavy (non-hydrogen) atoms. The van der Waals surface area contributed by atoms with Crippen LogP contribution in [0.5, 0.6) is 5.75 Å². The third kappa shape index (κ3) is 2.84. The minimum atomic E-state index is -0.0553. The van der Waals surface area contributed by atoms with Gasteiger partial charge < -0.3 is 10.1 Å². The maximum atomic E-state index is 9.09.